The van der Waals surface area contributed by atoms with Crippen molar-refractivity contribution in [2.24, 2.45) is 5.73 Å². The van der Waals surface area contributed by atoms with Gasteiger partial charge in [-0.1, -0.05) is 35.3 Å². The number of nitrogens with two attached hydrogens (primary N) is 1. The van der Waals surface area contributed by atoms with E-state index in [-0.39, 0.29) is 11.9 Å². The van der Waals surface area contributed by atoms with Crippen molar-refractivity contribution in [1.82, 2.24) is 0 Å². The van der Waals surface area contributed by atoms with Gasteiger partial charge in [-0.15, -0.1) is 0 Å². The summed E-state index contributed by atoms with van der Waals surface area (Å²) in [5.41, 5.74) is 9.64. The van der Waals surface area contributed by atoms with Gasteiger partial charge in [-0.3, -0.25) is 4.79 Å². The molecule has 0 fully saturated rings. The molecule has 3 nitrogen and oxygen atoms in total. The zero-order chi connectivity index (χ0) is 14.3. The van der Waals surface area contributed by atoms with E-state index in [1.54, 1.807) is 12.1 Å². The van der Waals surface area contributed by atoms with Gasteiger partial charge in [0.25, 0.3) is 0 Å². The van der Waals surface area contributed by atoms with Crippen LogP contribution in [0.1, 0.15) is 22.7 Å². The highest BCUT2D eigenvalue weighted by Crippen LogP contribution is 2.34. The molecule has 1 unspecified atom stereocenters. The number of amides is 1. The number of fused-ring (bicyclic) bond motifs is 1. The molecule has 20 heavy (non-hydrogen) atoms. The summed E-state index contributed by atoms with van der Waals surface area (Å²) in [4.78, 5) is 11.4. The van der Waals surface area contributed by atoms with Gasteiger partial charge in [-0.25, -0.2) is 0 Å². The normalized spacial score (nSPS) is 14.8. The highest BCUT2D eigenvalue weighted by Gasteiger charge is 2.22. The summed E-state index contributed by atoms with van der Waals surface area (Å²) < 4.78 is 0. The molecule has 5 heteroatoms. The molecule has 0 bridgehead atoms. The molecular weight excluding hydrogens is 295 g/mol. The van der Waals surface area contributed by atoms with Gasteiger partial charge in [0.1, 0.15) is 0 Å². The van der Waals surface area contributed by atoms with Gasteiger partial charge in [0.15, 0.2) is 0 Å². The first-order valence-corrected chi connectivity index (χ1v) is 6.93. The predicted molar refractivity (Wildman–Crippen MR) is 81.3 cm³/mol. The Morgan fingerprint density at radius 2 is 2.00 bits per heavy atom. The topological polar surface area (TPSA) is 55.1 Å². The summed E-state index contributed by atoms with van der Waals surface area (Å²) in [6.45, 7) is 0. The fourth-order valence-electron chi connectivity index (χ4n) is 2.39. The summed E-state index contributed by atoms with van der Waals surface area (Å²) in [7, 11) is 0. The molecule has 1 amide bonds. The second-order valence-electron chi connectivity index (χ2n) is 4.79. The zero-order valence-corrected chi connectivity index (χ0v) is 12.0. The number of carbonyl (C=O) groups is 1. The molecule has 1 heterocycles. The summed E-state index contributed by atoms with van der Waals surface area (Å²) in [5, 5.41) is 3.94. The highest BCUT2D eigenvalue weighted by atomic mass is 35.5. The van der Waals surface area contributed by atoms with Crippen LogP contribution in [-0.4, -0.2) is 5.91 Å². The molecule has 1 atom stereocenters. The van der Waals surface area contributed by atoms with Gasteiger partial charge in [-0.05, 0) is 41.0 Å². The van der Waals surface area contributed by atoms with Gasteiger partial charge < -0.3 is 11.1 Å². The van der Waals surface area contributed by atoms with Crippen molar-refractivity contribution < 1.29 is 4.79 Å². The standard InChI is InChI=1S/C15H12Cl2N2O/c16-10-3-1-2-8(4-10)15(18)11-5-9-6-14(20)19-13(9)7-12(11)17/h1-5,7,15H,6,18H2,(H,19,20). The van der Waals surface area contributed by atoms with E-state index in [2.05, 4.69) is 5.32 Å². The minimum Gasteiger partial charge on any atom is -0.325 e. The lowest BCUT2D eigenvalue weighted by molar-refractivity contribution is -0.115. The minimum atomic E-state index is -0.373. The minimum absolute atomic E-state index is 0.0236. The first-order chi connectivity index (χ1) is 9.54. The van der Waals surface area contributed by atoms with E-state index in [0.717, 1.165) is 22.4 Å². The Hall–Kier alpha value is -1.55. The zero-order valence-electron chi connectivity index (χ0n) is 10.5. The van der Waals surface area contributed by atoms with Crippen molar-refractivity contribution in [3.63, 3.8) is 0 Å². The smallest absolute Gasteiger partial charge is 0.228 e. The number of nitrogens with one attached hydrogen (secondary N) is 1. The van der Waals surface area contributed by atoms with E-state index < -0.39 is 0 Å². The average molecular weight is 307 g/mol. The van der Waals surface area contributed by atoms with Gasteiger partial charge in [0.05, 0.1) is 12.5 Å². The maximum absolute atomic E-state index is 11.4. The number of rotatable bonds is 2. The van der Waals surface area contributed by atoms with Crippen LogP contribution in [0.4, 0.5) is 5.69 Å². The van der Waals surface area contributed by atoms with Crippen LogP contribution >= 0.6 is 23.2 Å². The number of hydrogen-bond donors (Lipinski definition) is 2. The monoisotopic (exact) mass is 306 g/mol. The van der Waals surface area contributed by atoms with Crippen LogP contribution in [0.5, 0.6) is 0 Å². The Morgan fingerprint density at radius 3 is 2.75 bits per heavy atom. The molecule has 3 rings (SSSR count). The van der Waals surface area contributed by atoms with Crippen LogP contribution in [0.25, 0.3) is 0 Å². The molecule has 102 valence electrons. The van der Waals surface area contributed by atoms with Crippen LogP contribution in [0.2, 0.25) is 10.0 Å². The van der Waals surface area contributed by atoms with Crippen LogP contribution in [0.3, 0.4) is 0 Å². The lowest BCUT2D eigenvalue weighted by Crippen LogP contribution is -2.12. The molecule has 0 spiro atoms. The van der Waals surface area contributed by atoms with Crippen LogP contribution in [0, 0.1) is 0 Å². The largest absolute Gasteiger partial charge is 0.325 e. The highest BCUT2D eigenvalue weighted by molar-refractivity contribution is 6.32. The van der Waals surface area contributed by atoms with Gasteiger partial charge in [0, 0.05) is 15.7 Å². The Kier molecular flexibility index (Phi) is 3.42. The molecule has 2 aromatic rings. The quantitative estimate of drug-likeness (QED) is 0.891. The Morgan fingerprint density at radius 1 is 1.20 bits per heavy atom. The van der Waals surface area contributed by atoms with Crippen LogP contribution in [-0.2, 0) is 11.2 Å². The van der Waals surface area contributed by atoms with E-state index >= 15 is 0 Å². The third-order valence-electron chi connectivity index (χ3n) is 3.39. The van der Waals surface area contributed by atoms with E-state index in [4.69, 9.17) is 28.9 Å². The molecule has 0 radical (unpaired) electrons. The Bertz CT molecular complexity index is 700. The van der Waals surface area contributed by atoms with E-state index in [1.807, 2.05) is 24.3 Å². The molecule has 2 aromatic carbocycles. The number of halogens is 2. The summed E-state index contributed by atoms with van der Waals surface area (Å²) >= 11 is 12.3. The maximum atomic E-state index is 11.4. The molecule has 0 saturated carbocycles. The third kappa shape index (κ3) is 2.40. The van der Waals surface area contributed by atoms with Gasteiger partial charge >= 0.3 is 0 Å². The lowest BCUT2D eigenvalue weighted by Gasteiger charge is -2.16. The third-order valence-corrected chi connectivity index (χ3v) is 3.95. The first kappa shape index (κ1) is 13.4. The molecule has 1 aliphatic heterocycles. The SMILES string of the molecule is NC(c1cccc(Cl)c1)c1cc2c(cc1Cl)NC(=O)C2. The molecule has 0 saturated heterocycles. The second-order valence-corrected chi connectivity index (χ2v) is 5.63. The fourth-order valence-corrected chi connectivity index (χ4v) is 2.87. The van der Waals surface area contributed by atoms with Crippen LogP contribution in [0.15, 0.2) is 36.4 Å². The molecule has 1 aliphatic rings. The Labute approximate surface area is 126 Å². The number of hydrogen-bond acceptors (Lipinski definition) is 2. The Balaban J connectivity index is 2.02. The van der Waals surface area contributed by atoms with E-state index in [9.17, 15) is 4.79 Å². The predicted octanol–water partition coefficient (Wildman–Crippen LogP) is 3.54. The van der Waals surface area contributed by atoms with Gasteiger partial charge in [0.2, 0.25) is 5.91 Å². The maximum Gasteiger partial charge on any atom is 0.228 e. The average Bonchev–Trinajstić information content (AvgIpc) is 2.76. The second kappa shape index (κ2) is 5.09. The molecular formula is C15H12Cl2N2O. The van der Waals surface area contributed by atoms with Crippen LogP contribution < -0.4 is 11.1 Å². The van der Waals surface area contributed by atoms with Crippen molar-refractivity contribution >= 4 is 34.8 Å². The molecule has 0 aromatic heterocycles. The number of anilines is 1. The van der Waals surface area contributed by atoms with Crippen molar-refractivity contribution in [1.29, 1.82) is 0 Å². The summed E-state index contributed by atoms with van der Waals surface area (Å²) in [6, 6.07) is 10.6. The lowest BCUT2D eigenvalue weighted by atomic mass is 9.97. The molecule has 0 aliphatic carbocycles. The van der Waals surface area contributed by atoms with Crippen molar-refractivity contribution in [2.45, 2.75) is 12.5 Å². The van der Waals surface area contributed by atoms with E-state index in [0.29, 0.717) is 16.5 Å². The number of carbonyl (C=O) groups excluding carboxylic acids is 1. The van der Waals surface area contributed by atoms with Crippen molar-refractivity contribution in [3.8, 4) is 0 Å². The van der Waals surface area contributed by atoms with Crippen molar-refractivity contribution in [2.75, 3.05) is 5.32 Å². The summed E-state index contributed by atoms with van der Waals surface area (Å²) in [5.74, 6) is -0.0236. The van der Waals surface area contributed by atoms with Crippen molar-refractivity contribution in [3.05, 3.63) is 63.1 Å². The van der Waals surface area contributed by atoms with E-state index in [1.165, 1.54) is 0 Å². The molecule has 3 N–H and O–H groups in total. The fraction of sp³-hybridized carbons (Fsp3) is 0.133. The van der Waals surface area contributed by atoms with Gasteiger partial charge in [-0.2, -0.15) is 0 Å². The first-order valence-electron chi connectivity index (χ1n) is 6.18. The summed E-state index contributed by atoms with van der Waals surface area (Å²) in [6.07, 6.45) is 0.363. The number of benzene rings is 2.